The third-order valence-electron chi connectivity index (χ3n) is 10.4. The highest BCUT2D eigenvalue weighted by molar-refractivity contribution is 5.88. The first-order valence-corrected chi connectivity index (χ1v) is 18.1. The molecule has 0 bridgehead atoms. The second kappa shape index (κ2) is 15.4. The number of nitrogens with one attached hydrogen (secondary N) is 3. The summed E-state index contributed by atoms with van der Waals surface area (Å²) in [7, 11) is 0. The first-order chi connectivity index (χ1) is 25.9. The number of rotatable bonds is 11. The smallest absolute Gasteiger partial charge is 0.361 e. The zero-order valence-electron chi connectivity index (χ0n) is 30.1. The topological polar surface area (TPSA) is 87.5 Å². The minimum absolute atomic E-state index is 0.00372. The Morgan fingerprint density at radius 2 is 1.48 bits per heavy atom. The lowest BCUT2D eigenvalue weighted by atomic mass is 9.89. The van der Waals surface area contributed by atoms with Crippen molar-refractivity contribution in [3.63, 3.8) is 0 Å². The molecule has 0 spiro atoms. The fourth-order valence-electron chi connectivity index (χ4n) is 7.82. The summed E-state index contributed by atoms with van der Waals surface area (Å²) in [6, 6.07) is 24.8. The van der Waals surface area contributed by atoms with Crippen LogP contribution in [-0.4, -0.2) is 62.4 Å². The lowest BCUT2D eigenvalue weighted by Gasteiger charge is -2.44. The van der Waals surface area contributed by atoms with E-state index in [0.29, 0.717) is 19.5 Å². The van der Waals surface area contributed by atoms with Crippen LogP contribution in [0.25, 0.3) is 21.8 Å². The van der Waals surface area contributed by atoms with Gasteiger partial charge in [-0.1, -0.05) is 36.4 Å². The van der Waals surface area contributed by atoms with Crippen molar-refractivity contribution >= 4 is 45.0 Å². The van der Waals surface area contributed by atoms with Gasteiger partial charge >= 0.3 is 6.18 Å². The normalized spacial score (nSPS) is 14.7. The molecular weight excluding hydrogens is 696 g/mol. The first-order valence-electron chi connectivity index (χ1n) is 18.1. The number of piperidine rings is 1. The van der Waals surface area contributed by atoms with E-state index >= 15 is 0 Å². The third kappa shape index (κ3) is 7.98. The minimum Gasteiger partial charge on any atom is -0.361 e. The molecule has 2 amide bonds. The Morgan fingerprint density at radius 3 is 2.20 bits per heavy atom. The predicted octanol–water partition coefficient (Wildman–Crippen LogP) is 9.15. The van der Waals surface area contributed by atoms with E-state index in [1.54, 1.807) is 17.1 Å². The standard InChI is InChI=1S/C42H42F4N6O2/c1-27(53)50(25-30-7-3-5-9-39(30)42(44,45)46)26-35(21-31-23-47-40-10-6-4-8-36(31)40)52(28(2)54)51-19-17-29(18-20-51)38-24-48-41-16-15-34(22-37(38)41)49-33-13-11-32(43)12-14-33/h3-16,22-24,29,35,47-49H,17-21,25-26H2,1-2H3/t35-/m1/s1. The van der Waals surface area contributed by atoms with E-state index < -0.39 is 17.8 Å². The van der Waals surface area contributed by atoms with Crippen LogP contribution >= 0.6 is 0 Å². The van der Waals surface area contributed by atoms with Gasteiger partial charge in [-0.15, -0.1) is 0 Å². The number of benzene rings is 4. The summed E-state index contributed by atoms with van der Waals surface area (Å²) in [6.07, 6.45) is 1.24. The van der Waals surface area contributed by atoms with Gasteiger partial charge in [0.2, 0.25) is 11.8 Å². The monoisotopic (exact) mass is 738 g/mol. The summed E-state index contributed by atoms with van der Waals surface area (Å²) in [6.45, 7) is 3.76. The SMILES string of the molecule is CC(=O)N(Cc1ccccc1C(F)(F)F)C[C@@H](Cc1c[nH]c2ccccc12)N(C(C)=O)N1CCC(c2c[nH]c3ccc(Nc4ccc(F)cc4)cc23)CC1. The fourth-order valence-corrected chi connectivity index (χ4v) is 7.82. The second-order valence-electron chi connectivity index (χ2n) is 14.0. The van der Waals surface area contributed by atoms with Gasteiger partial charge in [-0.05, 0) is 96.5 Å². The Hall–Kier alpha value is -5.62. The number of aromatic nitrogens is 2. The first kappa shape index (κ1) is 36.7. The molecule has 3 heterocycles. The van der Waals surface area contributed by atoms with E-state index in [1.165, 1.54) is 54.6 Å². The number of hydrogen-bond donors (Lipinski definition) is 3. The van der Waals surface area contributed by atoms with Crippen molar-refractivity contribution in [2.24, 2.45) is 0 Å². The van der Waals surface area contributed by atoms with Crippen molar-refractivity contribution in [2.75, 3.05) is 25.0 Å². The summed E-state index contributed by atoms with van der Waals surface area (Å²) in [5.41, 5.74) is 4.91. The molecule has 0 unspecified atom stereocenters. The van der Waals surface area contributed by atoms with E-state index in [1.807, 2.05) is 53.8 Å². The van der Waals surface area contributed by atoms with Gasteiger partial charge in [-0.3, -0.25) is 14.6 Å². The largest absolute Gasteiger partial charge is 0.416 e. The number of amides is 2. The maximum atomic E-state index is 14.0. The highest BCUT2D eigenvalue weighted by atomic mass is 19.4. The van der Waals surface area contributed by atoms with Gasteiger partial charge in [0.05, 0.1) is 11.6 Å². The lowest BCUT2D eigenvalue weighted by molar-refractivity contribution is -0.158. The molecule has 2 aromatic heterocycles. The molecule has 0 aliphatic carbocycles. The molecule has 7 rings (SSSR count). The van der Waals surface area contributed by atoms with Crippen LogP contribution in [0.15, 0.2) is 103 Å². The molecule has 0 radical (unpaired) electrons. The second-order valence-corrected chi connectivity index (χ2v) is 14.0. The van der Waals surface area contributed by atoms with Crippen LogP contribution in [-0.2, 0) is 28.7 Å². The number of H-pyrrole nitrogens is 2. The maximum absolute atomic E-state index is 14.0. The van der Waals surface area contributed by atoms with Crippen LogP contribution in [0.3, 0.4) is 0 Å². The van der Waals surface area contributed by atoms with Gasteiger partial charge in [0, 0.05) is 85.6 Å². The van der Waals surface area contributed by atoms with E-state index in [9.17, 15) is 27.2 Å². The van der Waals surface area contributed by atoms with Gasteiger partial charge in [-0.2, -0.15) is 13.2 Å². The van der Waals surface area contributed by atoms with Crippen molar-refractivity contribution < 1.29 is 27.2 Å². The Morgan fingerprint density at radius 1 is 0.815 bits per heavy atom. The van der Waals surface area contributed by atoms with E-state index in [4.69, 9.17) is 0 Å². The van der Waals surface area contributed by atoms with Crippen molar-refractivity contribution in [3.8, 4) is 0 Å². The van der Waals surface area contributed by atoms with Crippen molar-refractivity contribution in [3.05, 3.63) is 131 Å². The number of carbonyl (C=O) groups excluding carboxylic acids is 2. The molecule has 1 saturated heterocycles. The van der Waals surface area contributed by atoms with E-state index in [0.717, 1.165) is 57.7 Å². The zero-order chi connectivity index (χ0) is 38.0. The van der Waals surface area contributed by atoms with Crippen LogP contribution in [0.1, 0.15) is 54.9 Å². The molecule has 1 aliphatic rings. The predicted molar refractivity (Wildman–Crippen MR) is 202 cm³/mol. The summed E-state index contributed by atoms with van der Waals surface area (Å²) in [4.78, 5) is 34.9. The van der Waals surface area contributed by atoms with Crippen LogP contribution < -0.4 is 5.32 Å². The van der Waals surface area contributed by atoms with Crippen molar-refractivity contribution in [2.45, 2.75) is 57.8 Å². The summed E-state index contributed by atoms with van der Waals surface area (Å²) >= 11 is 0. The average molecular weight is 739 g/mol. The lowest BCUT2D eigenvalue weighted by Crippen LogP contribution is -2.57. The zero-order valence-corrected chi connectivity index (χ0v) is 30.1. The average Bonchev–Trinajstić information content (AvgIpc) is 3.76. The molecular formula is C42H42F4N6O2. The number of para-hydroxylation sites is 1. The van der Waals surface area contributed by atoms with Gasteiger partial charge in [0.15, 0.2) is 0 Å². The molecule has 54 heavy (non-hydrogen) atoms. The molecule has 280 valence electrons. The Labute approximate surface area is 310 Å². The molecule has 6 aromatic rings. The number of nitrogens with zero attached hydrogens (tertiary/aromatic N) is 3. The maximum Gasteiger partial charge on any atom is 0.416 e. The fraction of sp³-hybridized carbons (Fsp3) is 0.286. The van der Waals surface area contributed by atoms with Crippen molar-refractivity contribution in [1.29, 1.82) is 0 Å². The van der Waals surface area contributed by atoms with E-state index in [2.05, 4.69) is 21.4 Å². The summed E-state index contributed by atoms with van der Waals surface area (Å²) < 4.78 is 55.5. The Kier molecular flexibility index (Phi) is 10.5. The highest BCUT2D eigenvalue weighted by Crippen LogP contribution is 2.37. The minimum atomic E-state index is -4.58. The van der Waals surface area contributed by atoms with Gasteiger partial charge in [0.1, 0.15) is 5.82 Å². The summed E-state index contributed by atoms with van der Waals surface area (Å²) in [5.74, 6) is -0.692. The summed E-state index contributed by atoms with van der Waals surface area (Å²) in [5, 5.41) is 9.18. The van der Waals surface area contributed by atoms with Gasteiger partial charge < -0.3 is 20.2 Å². The molecule has 0 saturated carbocycles. The van der Waals surface area contributed by atoms with Crippen molar-refractivity contribution in [1.82, 2.24) is 24.9 Å². The molecule has 1 fully saturated rings. The van der Waals surface area contributed by atoms with Crippen LogP contribution in [0.5, 0.6) is 0 Å². The highest BCUT2D eigenvalue weighted by Gasteiger charge is 2.36. The Bertz CT molecular complexity index is 2250. The number of alkyl halides is 3. The molecule has 8 nitrogen and oxygen atoms in total. The number of aromatic amines is 2. The number of anilines is 2. The van der Waals surface area contributed by atoms with Gasteiger partial charge in [-0.25, -0.2) is 9.40 Å². The van der Waals surface area contributed by atoms with Crippen LogP contribution in [0.4, 0.5) is 28.9 Å². The van der Waals surface area contributed by atoms with Gasteiger partial charge in [0.25, 0.3) is 0 Å². The quantitative estimate of drug-likeness (QED) is 0.116. The number of fused-ring (bicyclic) bond motifs is 2. The van der Waals surface area contributed by atoms with E-state index in [-0.39, 0.29) is 42.2 Å². The Balaban J connectivity index is 1.14. The molecule has 4 aromatic carbocycles. The van der Waals surface area contributed by atoms with Crippen LogP contribution in [0.2, 0.25) is 0 Å². The van der Waals surface area contributed by atoms with Crippen LogP contribution in [0, 0.1) is 5.82 Å². The molecule has 3 N–H and O–H groups in total. The molecule has 12 heteroatoms. The molecule has 1 atom stereocenters. The molecule has 1 aliphatic heterocycles. The number of carbonyl (C=O) groups is 2. The number of hydrazine groups is 1. The third-order valence-corrected chi connectivity index (χ3v) is 10.4. The number of hydrogen-bond acceptors (Lipinski definition) is 4. The number of halogens is 4.